The topological polar surface area (TPSA) is 89.3 Å². The van der Waals surface area contributed by atoms with Crippen LogP contribution in [0.4, 0.5) is 0 Å². The molecule has 0 radical (unpaired) electrons. The van der Waals surface area contributed by atoms with Crippen LogP contribution in [-0.2, 0) is 12.8 Å². The molecule has 2 heterocycles. The minimum atomic E-state index is 0.0100. The summed E-state index contributed by atoms with van der Waals surface area (Å²) in [6.45, 7) is 0. The molecule has 6 nitrogen and oxygen atoms in total. The summed E-state index contributed by atoms with van der Waals surface area (Å²) in [6, 6.07) is 3.69. The molecule has 0 aromatic carbocycles. The normalized spacial score (nSPS) is 15.3. The third kappa shape index (κ3) is 2.05. The second kappa shape index (κ2) is 4.72. The summed E-state index contributed by atoms with van der Waals surface area (Å²) >= 11 is 0. The predicted molar refractivity (Wildman–Crippen MR) is 70.5 cm³/mol. The van der Waals surface area contributed by atoms with Crippen molar-refractivity contribution >= 4 is 5.84 Å². The number of oxime groups is 1. The molecule has 1 aliphatic carbocycles. The first kappa shape index (κ1) is 11.7. The summed E-state index contributed by atoms with van der Waals surface area (Å²) in [7, 11) is 0. The van der Waals surface area contributed by atoms with E-state index in [2.05, 4.69) is 19.7 Å². The van der Waals surface area contributed by atoms with Crippen LogP contribution in [-0.4, -0.2) is 25.6 Å². The number of aryl methyl sites for hydroxylation is 1. The van der Waals surface area contributed by atoms with Crippen molar-refractivity contribution in [2.45, 2.75) is 25.7 Å². The fourth-order valence-electron chi connectivity index (χ4n) is 2.45. The molecule has 0 bridgehead atoms. The molecule has 0 unspecified atom stereocenters. The first-order chi connectivity index (χ1) is 9.29. The molecule has 19 heavy (non-hydrogen) atoms. The van der Waals surface area contributed by atoms with Crippen molar-refractivity contribution < 1.29 is 5.21 Å². The summed E-state index contributed by atoms with van der Waals surface area (Å²) < 4.78 is 2.06. The summed E-state index contributed by atoms with van der Waals surface area (Å²) in [6.07, 6.45) is 7.96. The van der Waals surface area contributed by atoms with Crippen LogP contribution in [0.3, 0.4) is 0 Å². The molecule has 3 N–H and O–H groups in total. The Bertz CT molecular complexity index is 632. The van der Waals surface area contributed by atoms with Gasteiger partial charge in [-0.3, -0.25) is 4.98 Å². The fourth-order valence-corrected chi connectivity index (χ4v) is 2.45. The maximum Gasteiger partial charge on any atom is 0.188 e. The van der Waals surface area contributed by atoms with Crippen molar-refractivity contribution in [3.05, 3.63) is 41.7 Å². The number of fused-ring (bicyclic) bond motifs is 1. The molecule has 98 valence electrons. The lowest BCUT2D eigenvalue weighted by Crippen LogP contribution is -2.15. The monoisotopic (exact) mass is 257 g/mol. The van der Waals surface area contributed by atoms with E-state index in [-0.39, 0.29) is 5.84 Å². The van der Waals surface area contributed by atoms with Crippen LogP contribution in [0.1, 0.15) is 29.9 Å². The van der Waals surface area contributed by atoms with Crippen molar-refractivity contribution in [2.24, 2.45) is 10.9 Å². The number of pyridine rings is 1. The van der Waals surface area contributed by atoms with Gasteiger partial charge in [0.1, 0.15) is 5.69 Å². The van der Waals surface area contributed by atoms with E-state index in [9.17, 15) is 0 Å². The van der Waals surface area contributed by atoms with Gasteiger partial charge in [0.2, 0.25) is 0 Å². The number of hydrogen-bond donors (Lipinski definition) is 2. The van der Waals surface area contributed by atoms with Crippen LogP contribution in [0.15, 0.2) is 29.8 Å². The van der Waals surface area contributed by atoms with Gasteiger partial charge in [-0.1, -0.05) is 5.16 Å². The van der Waals surface area contributed by atoms with E-state index in [1.54, 1.807) is 12.3 Å². The van der Waals surface area contributed by atoms with E-state index in [1.807, 2.05) is 12.4 Å². The number of rotatable bonds is 2. The number of amidine groups is 1. The molecular weight excluding hydrogens is 242 g/mol. The summed E-state index contributed by atoms with van der Waals surface area (Å²) in [4.78, 5) is 8.54. The number of hydrogen-bond acceptors (Lipinski definition) is 4. The van der Waals surface area contributed by atoms with E-state index < -0.39 is 0 Å². The molecular formula is C13H15N5O. The van der Waals surface area contributed by atoms with E-state index in [4.69, 9.17) is 10.9 Å². The fraction of sp³-hybridized carbons (Fsp3) is 0.308. The molecule has 0 spiro atoms. The zero-order chi connectivity index (χ0) is 13.2. The minimum absolute atomic E-state index is 0.0100. The Morgan fingerprint density at radius 3 is 3.00 bits per heavy atom. The van der Waals surface area contributed by atoms with Gasteiger partial charge in [0.05, 0.1) is 17.7 Å². The van der Waals surface area contributed by atoms with Crippen molar-refractivity contribution in [1.82, 2.24) is 14.5 Å². The maximum absolute atomic E-state index is 8.71. The molecule has 0 saturated carbocycles. The smallest absolute Gasteiger partial charge is 0.188 e. The van der Waals surface area contributed by atoms with Crippen molar-refractivity contribution in [1.29, 1.82) is 0 Å². The summed E-state index contributed by atoms with van der Waals surface area (Å²) in [5, 5.41) is 11.7. The molecule has 1 aliphatic rings. The van der Waals surface area contributed by atoms with E-state index in [0.717, 1.165) is 18.5 Å². The van der Waals surface area contributed by atoms with Gasteiger partial charge >= 0.3 is 0 Å². The van der Waals surface area contributed by atoms with E-state index in [1.165, 1.54) is 24.2 Å². The van der Waals surface area contributed by atoms with Crippen LogP contribution in [0.25, 0.3) is 5.69 Å². The second-order valence-corrected chi connectivity index (χ2v) is 4.60. The Kier molecular flexibility index (Phi) is 2.91. The van der Waals surface area contributed by atoms with Gasteiger partial charge < -0.3 is 15.5 Å². The Morgan fingerprint density at radius 2 is 2.16 bits per heavy atom. The van der Waals surface area contributed by atoms with Gasteiger partial charge in [0.25, 0.3) is 0 Å². The Morgan fingerprint density at radius 1 is 1.32 bits per heavy atom. The van der Waals surface area contributed by atoms with Crippen LogP contribution < -0.4 is 5.73 Å². The van der Waals surface area contributed by atoms with E-state index in [0.29, 0.717) is 5.69 Å². The zero-order valence-corrected chi connectivity index (χ0v) is 10.5. The highest BCUT2D eigenvalue weighted by Gasteiger charge is 2.16. The van der Waals surface area contributed by atoms with Gasteiger partial charge in [-0.2, -0.15) is 0 Å². The lowest BCUT2D eigenvalue weighted by molar-refractivity contribution is 0.318. The second-order valence-electron chi connectivity index (χ2n) is 4.60. The van der Waals surface area contributed by atoms with Crippen molar-refractivity contribution in [3.8, 4) is 5.69 Å². The molecule has 0 saturated heterocycles. The molecule has 6 heteroatoms. The Labute approximate surface area is 110 Å². The van der Waals surface area contributed by atoms with Gasteiger partial charge in [0.15, 0.2) is 5.84 Å². The molecule has 3 rings (SSSR count). The Hall–Kier alpha value is -2.37. The predicted octanol–water partition coefficient (Wildman–Crippen LogP) is 1.24. The quantitative estimate of drug-likeness (QED) is 0.366. The van der Waals surface area contributed by atoms with Crippen molar-refractivity contribution in [2.75, 3.05) is 0 Å². The standard InChI is InChI=1S/C13H15N5O/c14-13(17-19)11-7-9(5-6-15-11)18-8-16-10-3-1-2-4-12(10)18/h5-8,19H,1-4H2,(H2,14,17). The SMILES string of the molecule is N/C(=N/O)c1cc(-n2cnc3c2CCCC3)ccn1. The molecule has 0 atom stereocenters. The number of aromatic nitrogens is 3. The zero-order valence-electron chi connectivity index (χ0n) is 10.5. The van der Waals surface area contributed by atoms with Crippen LogP contribution in [0.2, 0.25) is 0 Å². The van der Waals surface area contributed by atoms with Crippen molar-refractivity contribution in [3.63, 3.8) is 0 Å². The number of imidazole rings is 1. The highest BCUT2D eigenvalue weighted by Crippen LogP contribution is 2.23. The van der Waals surface area contributed by atoms with Crippen LogP contribution >= 0.6 is 0 Å². The number of nitrogens with two attached hydrogens (primary N) is 1. The third-order valence-corrected chi connectivity index (χ3v) is 3.42. The lowest BCUT2D eigenvalue weighted by Gasteiger charge is -2.14. The highest BCUT2D eigenvalue weighted by molar-refractivity contribution is 5.95. The Balaban J connectivity index is 2.05. The number of nitrogens with zero attached hydrogens (tertiary/aromatic N) is 4. The highest BCUT2D eigenvalue weighted by atomic mass is 16.4. The third-order valence-electron chi connectivity index (χ3n) is 3.42. The average molecular weight is 257 g/mol. The molecule has 0 amide bonds. The molecule has 0 aliphatic heterocycles. The summed E-state index contributed by atoms with van der Waals surface area (Å²) in [5.74, 6) is 0.0100. The maximum atomic E-state index is 8.71. The molecule has 0 fully saturated rings. The van der Waals surface area contributed by atoms with Crippen LogP contribution in [0.5, 0.6) is 0 Å². The largest absolute Gasteiger partial charge is 0.409 e. The lowest BCUT2D eigenvalue weighted by atomic mass is 10.0. The first-order valence-corrected chi connectivity index (χ1v) is 6.29. The minimum Gasteiger partial charge on any atom is -0.409 e. The summed E-state index contributed by atoms with van der Waals surface area (Å²) in [5.41, 5.74) is 9.39. The van der Waals surface area contributed by atoms with Crippen LogP contribution in [0, 0.1) is 0 Å². The van der Waals surface area contributed by atoms with Gasteiger partial charge in [0, 0.05) is 11.9 Å². The van der Waals surface area contributed by atoms with Gasteiger partial charge in [-0.15, -0.1) is 0 Å². The first-order valence-electron chi connectivity index (χ1n) is 6.29. The van der Waals surface area contributed by atoms with Gasteiger partial charge in [-0.25, -0.2) is 4.98 Å². The van der Waals surface area contributed by atoms with E-state index >= 15 is 0 Å². The molecule has 2 aromatic rings. The average Bonchev–Trinajstić information content (AvgIpc) is 2.90. The van der Waals surface area contributed by atoms with Gasteiger partial charge in [-0.05, 0) is 37.8 Å². The molecule has 2 aromatic heterocycles.